The normalized spacial score (nSPS) is 22.5. The van der Waals surface area contributed by atoms with Gasteiger partial charge in [0.1, 0.15) is 5.75 Å². The summed E-state index contributed by atoms with van der Waals surface area (Å²) in [5, 5.41) is 0. The highest BCUT2D eigenvalue weighted by Gasteiger charge is 2.39. The number of hydrogen-bond donors (Lipinski definition) is 0. The van der Waals surface area contributed by atoms with Gasteiger partial charge in [0, 0.05) is 23.5 Å². The standard InChI is InChI=1S/C19H20O3/c1-11-7-13-12(9-18(11)22-4)8-14-15(10-17(13)21)19(2,3)6-5-16(14)20/h5-9,15H,10H2,1-4H3/t15-/m0/s1. The maximum absolute atomic E-state index is 12.7. The van der Waals surface area contributed by atoms with Gasteiger partial charge in [0.2, 0.25) is 0 Å². The first-order valence-electron chi connectivity index (χ1n) is 7.50. The van der Waals surface area contributed by atoms with Gasteiger partial charge in [-0.15, -0.1) is 0 Å². The Morgan fingerprint density at radius 1 is 1.23 bits per heavy atom. The number of rotatable bonds is 1. The topological polar surface area (TPSA) is 43.4 Å². The van der Waals surface area contributed by atoms with Gasteiger partial charge in [-0.1, -0.05) is 19.9 Å². The molecule has 1 atom stereocenters. The number of ketones is 2. The molecule has 0 fully saturated rings. The smallest absolute Gasteiger partial charge is 0.181 e. The van der Waals surface area contributed by atoms with Gasteiger partial charge < -0.3 is 4.74 Å². The van der Waals surface area contributed by atoms with Gasteiger partial charge in [0.05, 0.1) is 7.11 Å². The zero-order chi connectivity index (χ0) is 16.1. The highest BCUT2D eigenvalue weighted by atomic mass is 16.5. The van der Waals surface area contributed by atoms with Crippen molar-refractivity contribution in [3.05, 3.63) is 46.5 Å². The molecule has 0 spiro atoms. The number of hydrogen-bond acceptors (Lipinski definition) is 3. The lowest BCUT2D eigenvalue weighted by atomic mass is 9.68. The van der Waals surface area contributed by atoms with Crippen LogP contribution in [0.25, 0.3) is 6.08 Å². The summed E-state index contributed by atoms with van der Waals surface area (Å²) < 4.78 is 5.35. The van der Waals surface area contributed by atoms with E-state index in [0.29, 0.717) is 12.0 Å². The average Bonchev–Trinajstić information content (AvgIpc) is 2.61. The summed E-state index contributed by atoms with van der Waals surface area (Å²) in [5.74, 6) is 0.758. The second-order valence-corrected chi connectivity index (χ2v) is 6.71. The van der Waals surface area contributed by atoms with Gasteiger partial charge in [0.15, 0.2) is 11.6 Å². The van der Waals surface area contributed by atoms with E-state index in [-0.39, 0.29) is 22.9 Å². The number of methoxy groups -OCH3 is 1. The van der Waals surface area contributed by atoms with Crippen molar-refractivity contribution >= 4 is 17.6 Å². The van der Waals surface area contributed by atoms with Crippen molar-refractivity contribution in [1.82, 2.24) is 0 Å². The van der Waals surface area contributed by atoms with Crippen LogP contribution in [0, 0.1) is 18.3 Å². The van der Waals surface area contributed by atoms with Crippen LogP contribution in [0.1, 0.15) is 41.8 Å². The second kappa shape index (κ2) is 4.94. The molecule has 0 amide bonds. The molecule has 0 aromatic heterocycles. The lowest BCUT2D eigenvalue weighted by Gasteiger charge is -2.34. The first-order chi connectivity index (χ1) is 10.3. The number of Topliss-reactive ketones (excluding diaryl/α,β-unsaturated/α-hetero) is 1. The molecule has 114 valence electrons. The Labute approximate surface area is 130 Å². The van der Waals surface area contributed by atoms with Crippen LogP contribution in [0.4, 0.5) is 0 Å². The molecule has 2 aliphatic carbocycles. The number of aryl methyl sites for hydroxylation is 1. The maximum atomic E-state index is 12.7. The molecule has 2 aliphatic rings. The minimum absolute atomic E-state index is 0.00418. The molecule has 0 unspecified atom stereocenters. The van der Waals surface area contributed by atoms with E-state index in [9.17, 15) is 9.59 Å². The predicted molar refractivity (Wildman–Crippen MR) is 86.1 cm³/mol. The van der Waals surface area contributed by atoms with Crippen molar-refractivity contribution in [2.75, 3.05) is 7.11 Å². The molecule has 3 rings (SSSR count). The van der Waals surface area contributed by atoms with Gasteiger partial charge >= 0.3 is 0 Å². The van der Waals surface area contributed by atoms with Gasteiger partial charge in [0.25, 0.3) is 0 Å². The first-order valence-corrected chi connectivity index (χ1v) is 7.50. The van der Waals surface area contributed by atoms with Crippen LogP contribution in [-0.4, -0.2) is 18.7 Å². The Morgan fingerprint density at radius 2 is 1.95 bits per heavy atom. The maximum Gasteiger partial charge on any atom is 0.181 e. The van der Waals surface area contributed by atoms with Crippen LogP contribution in [0.5, 0.6) is 5.75 Å². The minimum Gasteiger partial charge on any atom is -0.496 e. The predicted octanol–water partition coefficient (Wildman–Crippen LogP) is 3.75. The van der Waals surface area contributed by atoms with Crippen LogP contribution in [0.2, 0.25) is 0 Å². The van der Waals surface area contributed by atoms with Gasteiger partial charge in [-0.3, -0.25) is 9.59 Å². The molecular formula is C19H20O3. The van der Waals surface area contributed by atoms with E-state index >= 15 is 0 Å². The zero-order valence-corrected chi connectivity index (χ0v) is 13.4. The summed E-state index contributed by atoms with van der Waals surface area (Å²) in [6, 6.07) is 3.73. The van der Waals surface area contributed by atoms with E-state index in [1.807, 2.05) is 31.2 Å². The molecular weight excluding hydrogens is 276 g/mol. The van der Waals surface area contributed by atoms with Crippen molar-refractivity contribution < 1.29 is 14.3 Å². The lowest BCUT2D eigenvalue weighted by molar-refractivity contribution is -0.112. The van der Waals surface area contributed by atoms with Crippen LogP contribution in [0.3, 0.4) is 0 Å². The number of allylic oxidation sites excluding steroid dienone is 3. The van der Waals surface area contributed by atoms with E-state index in [1.54, 1.807) is 13.2 Å². The minimum atomic E-state index is -0.198. The summed E-state index contributed by atoms with van der Waals surface area (Å²) in [6.07, 6.45) is 5.80. The molecule has 1 aromatic rings. The Bertz CT molecular complexity index is 735. The van der Waals surface area contributed by atoms with Crippen LogP contribution >= 0.6 is 0 Å². The summed E-state index contributed by atoms with van der Waals surface area (Å²) in [4.78, 5) is 25.0. The highest BCUT2D eigenvalue weighted by molar-refractivity contribution is 6.12. The molecule has 0 saturated heterocycles. The van der Waals surface area contributed by atoms with Gasteiger partial charge in [-0.2, -0.15) is 0 Å². The Morgan fingerprint density at radius 3 is 2.64 bits per heavy atom. The molecule has 22 heavy (non-hydrogen) atoms. The molecule has 0 saturated carbocycles. The van der Waals surface area contributed by atoms with Gasteiger partial charge in [-0.25, -0.2) is 0 Å². The molecule has 1 aromatic carbocycles. The van der Waals surface area contributed by atoms with Crippen LogP contribution in [0.15, 0.2) is 29.9 Å². The van der Waals surface area contributed by atoms with E-state index in [2.05, 4.69) is 13.8 Å². The second-order valence-electron chi connectivity index (χ2n) is 6.71. The SMILES string of the molecule is COc1cc2c(cc1C)C(=O)C[C@H]1C(=C2)C(=O)C=CC1(C)C. The lowest BCUT2D eigenvalue weighted by Crippen LogP contribution is -2.31. The molecule has 3 nitrogen and oxygen atoms in total. The van der Waals surface area contributed by atoms with Crippen molar-refractivity contribution in [3.8, 4) is 5.75 Å². The number of carbonyl (C=O) groups is 2. The van der Waals surface area contributed by atoms with Crippen molar-refractivity contribution in [2.24, 2.45) is 11.3 Å². The van der Waals surface area contributed by atoms with Crippen molar-refractivity contribution in [3.63, 3.8) is 0 Å². The van der Waals surface area contributed by atoms with E-state index in [4.69, 9.17) is 4.74 Å². The van der Waals surface area contributed by atoms with Gasteiger partial charge in [-0.05, 0) is 47.8 Å². The number of carbonyl (C=O) groups excluding carboxylic acids is 2. The summed E-state index contributed by atoms with van der Waals surface area (Å²) >= 11 is 0. The highest BCUT2D eigenvalue weighted by Crippen LogP contribution is 2.44. The molecule has 0 bridgehead atoms. The average molecular weight is 296 g/mol. The molecule has 0 radical (unpaired) electrons. The van der Waals surface area contributed by atoms with E-state index < -0.39 is 0 Å². The zero-order valence-electron chi connectivity index (χ0n) is 13.4. The fourth-order valence-corrected chi connectivity index (χ4v) is 3.37. The van der Waals surface area contributed by atoms with Crippen molar-refractivity contribution in [1.29, 1.82) is 0 Å². The van der Waals surface area contributed by atoms with Crippen LogP contribution in [-0.2, 0) is 4.79 Å². The largest absolute Gasteiger partial charge is 0.496 e. The third-order valence-corrected chi connectivity index (χ3v) is 4.79. The summed E-state index contributed by atoms with van der Waals surface area (Å²) in [6.45, 7) is 6.07. The van der Waals surface area contributed by atoms with Crippen molar-refractivity contribution in [2.45, 2.75) is 27.2 Å². The summed E-state index contributed by atoms with van der Waals surface area (Å²) in [7, 11) is 1.61. The van der Waals surface area contributed by atoms with Crippen LogP contribution < -0.4 is 4.74 Å². The summed E-state index contributed by atoms with van der Waals surface area (Å²) in [5.41, 5.74) is 2.93. The fourth-order valence-electron chi connectivity index (χ4n) is 3.37. The third-order valence-electron chi connectivity index (χ3n) is 4.79. The Balaban J connectivity index is 2.22. The molecule has 0 heterocycles. The molecule has 3 heteroatoms. The molecule has 0 N–H and O–H groups in total. The number of fused-ring (bicyclic) bond motifs is 2. The monoisotopic (exact) mass is 296 g/mol. The number of ether oxygens (including phenoxy) is 1. The first kappa shape index (κ1) is 14.8. The third kappa shape index (κ3) is 2.21. The van der Waals surface area contributed by atoms with E-state index in [0.717, 1.165) is 22.4 Å². The fraction of sp³-hybridized carbons (Fsp3) is 0.368. The quantitative estimate of drug-likeness (QED) is 0.792. The Kier molecular flexibility index (Phi) is 3.32. The van der Waals surface area contributed by atoms with E-state index in [1.165, 1.54) is 0 Å². The Hall–Kier alpha value is -2.16. The number of benzene rings is 1. The molecule has 0 aliphatic heterocycles.